The van der Waals surface area contributed by atoms with Crippen LogP contribution in [0, 0.1) is 0 Å². The number of ketones is 1. The van der Waals surface area contributed by atoms with Gasteiger partial charge in [0.05, 0.1) is 35.4 Å². The molecule has 0 unspecified atom stereocenters. The van der Waals surface area contributed by atoms with Crippen LogP contribution in [0.1, 0.15) is 33.4 Å². The Labute approximate surface area is 178 Å². The number of rotatable bonds is 10. The van der Waals surface area contributed by atoms with Crippen molar-refractivity contribution in [2.75, 3.05) is 13.7 Å². The summed E-state index contributed by atoms with van der Waals surface area (Å²) in [5.74, 6) is 1.65. The normalized spacial score (nSPS) is 11.1. The number of aryl methyl sites for hydroxylation is 1. The van der Waals surface area contributed by atoms with Crippen LogP contribution in [0.2, 0.25) is 0 Å². The first-order chi connectivity index (χ1) is 14.7. The van der Waals surface area contributed by atoms with Gasteiger partial charge in [0.2, 0.25) is 0 Å². The number of H-pyrrole nitrogens is 1. The number of carbonyl (C=O) groups is 1. The van der Waals surface area contributed by atoms with Gasteiger partial charge in [0.25, 0.3) is 0 Å². The van der Waals surface area contributed by atoms with Crippen molar-refractivity contribution in [1.29, 1.82) is 0 Å². The third-order valence-corrected chi connectivity index (χ3v) is 5.65. The van der Waals surface area contributed by atoms with Gasteiger partial charge in [-0.1, -0.05) is 12.1 Å². The van der Waals surface area contributed by atoms with Crippen molar-refractivity contribution in [3.8, 4) is 5.75 Å². The third-order valence-electron chi connectivity index (χ3n) is 4.74. The van der Waals surface area contributed by atoms with Crippen LogP contribution in [0.5, 0.6) is 5.75 Å². The Bertz CT molecular complexity index is 1100. The molecule has 0 amide bonds. The summed E-state index contributed by atoms with van der Waals surface area (Å²) in [4.78, 5) is 29.1. The molecule has 154 valence electrons. The van der Waals surface area contributed by atoms with Crippen LogP contribution in [0.25, 0.3) is 11.0 Å². The van der Waals surface area contributed by atoms with Gasteiger partial charge < -0.3 is 15.0 Å². The summed E-state index contributed by atoms with van der Waals surface area (Å²) >= 11 is 1.52. The highest BCUT2D eigenvalue weighted by atomic mass is 32.1. The number of nitrogens with one attached hydrogen (secondary N) is 2. The van der Waals surface area contributed by atoms with Crippen molar-refractivity contribution >= 4 is 28.2 Å². The lowest BCUT2D eigenvalue weighted by Crippen LogP contribution is -2.17. The van der Waals surface area contributed by atoms with E-state index in [-0.39, 0.29) is 5.78 Å². The number of para-hydroxylation sites is 2. The van der Waals surface area contributed by atoms with Gasteiger partial charge in [-0.2, -0.15) is 0 Å². The fourth-order valence-corrected chi connectivity index (χ4v) is 4.00. The SMILES string of the molecule is COc1cccnc1CCC(=O)c1csc(CCNCc2nc3ccccc3[nH]2)n1. The average Bonchev–Trinajstić information content (AvgIpc) is 3.42. The molecule has 3 heterocycles. The van der Waals surface area contributed by atoms with Crippen LogP contribution in [0.3, 0.4) is 0 Å². The minimum Gasteiger partial charge on any atom is -0.495 e. The topological polar surface area (TPSA) is 92.8 Å². The van der Waals surface area contributed by atoms with Crippen LogP contribution in [0.15, 0.2) is 48.0 Å². The zero-order valence-corrected chi connectivity index (χ0v) is 17.5. The zero-order valence-electron chi connectivity index (χ0n) is 16.7. The van der Waals surface area contributed by atoms with Gasteiger partial charge >= 0.3 is 0 Å². The highest BCUT2D eigenvalue weighted by Gasteiger charge is 2.13. The molecule has 0 aliphatic carbocycles. The monoisotopic (exact) mass is 421 g/mol. The Kier molecular flexibility index (Phi) is 6.46. The number of aromatic amines is 1. The lowest BCUT2D eigenvalue weighted by molar-refractivity contribution is 0.0978. The number of carbonyl (C=O) groups excluding carboxylic acids is 1. The number of hydrogen-bond acceptors (Lipinski definition) is 7. The number of nitrogens with zero attached hydrogens (tertiary/aromatic N) is 3. The quantitative estimate of drug-likeness (QED) is 0.300. The standard InChI is InChI=1S/C22H23N5O2S/c1-29-20-7-4-11-24-17(20)8-9-19(28)18-14-30-22(27-18)10-12-23-13-21-25-15-5-2-3-6-16(15)26-21/h2-7,11,14,23H,8-10,12-13H2,1H3,(H,25,26). The first-order valence-electron chi connectivity index (χ1n) is 9.83. The summed E-state index contributed by atoms with van der Waals surface area (Å²) in [6.45, 7) is 1.43. The second-order valence-corrected chi connectivity index (χ2v) is 7.77. The lowest BCUT2D eigenvalue weighted by atomic mass is 10.1. The summed E-state index contributed by atoms with van der Waals surface area (Å²) in [5, 5.41) is 6.16. The summed E-state index contributed by atoms with van der Waals surface area (Å²) in [6, 6.07) is 11.7. The summed E-state index contributed by atoms with van der Waals surface area (Å²) < 4.78 is 5.29. The number of ether oxygens (including phenoxy) is 1. The number of thiazole rings is 1. The van der Waals surface area contributed by atoms with Crippen molar-refractivity contribution in [3.05, 3.63) is 70.2 Å². The van der Waals surface area contributed by atoms with Gasteiger partial charge in [-0.3, -0.25) is 9.78 Å². The van der Waals surface area contributed by atoms with Crippen molar-refractivity contribution in [2.45, 2.75) is 25.8 Å². The van der Waals surface area contributed by atoms with Gasteiger partial charge in [-0.25, -0.2) is 9.97 Å². The van der Waals surface area contributed by atoms with Crippen molar-refractivity contribution in [1.82, 2.24) is 25.3 Å². The molecule has 2 N–H and O–H groups in total. The van der Waals surface area contributed by atoms with Gasteiger partial charge in [0.15, 0.2) is 5.78 Å². The van der Waals surface area contributed by atoms with E-state index in [1.54, 1.807) is 13.3 Å². The molecule has 8 heteroatoms. The molecule has 0 radical (unpaired) electrons. The van der Waals surface area contributed by atoms with E-state index in [4.69, 9.17) is 4.74 Å². The Balaban J connectivity index is 1.24. The lowest BCUT2D eigenvalue weighted by Gasteiger charge is -2.05. The van der Waals surface area contributed by atoms with E-state index >= 15 is 0 Å². The molecule has 3 aromatic heterocycles. The van der Waals surface area contributed by atoms with E-state index in [2.05, 4.69) is 25.3 Å². The van der Waals surface area contributed by atoms with Crippen LogP contribution < -0.4 is 10.1 Å². The number of benzene rings is 1. The molecule has 0 fully saturated rings. The van der Waals surface area contributed by atoms with Gasteiger partial charge in [0, 0.05) is 37.4 Å². The molecule has 0 spiro atoms. The molecule has 4 aromatic rings. The molecule has 0 aliphatic heterocycles. The average molecular weight is 422 g/mol. The minimum absolute atomic E-state index is 0.0282. The molecule has 0 bridgehead atoms. The van der Waals surface area contributed by atoms with Gasteiger partial charge in [0.1, 0.15) is 17.3 Å². The summed E-state index contributed by atoms with van der Waals surface area (Å²) in [7, 11) is 1.61. The van der Waals surface area contributed by atoms with E-state index in [1.807, 2.05) is 41.8 Å². The zero-order chi connectivity index (χ0) is 20.8. The van der Waals surface area contributed by atoms with Crippen LogP contribution in [-0.2, 0) is 19.4 Å². The molecule has 0 atom stereocenters. The number of aromatic nitrogens is 4. The molecular weight excluding hydrogens is 398 g/mol. The Morgan fingerprint density at radius 3 is 2.93 bits per heavy atom. The highest BCUT2D eigenvalue weighted by Crippen LogP contribution is 2.18. The molecule has 0 saturated heterocycles. The maximum absolute atomic E-state index is 12.5. The number of methoxy groups -OCH3 is 1. The number of Topliss-reactive ketones (excluding diaryl/α,β-unsaturated/α-hetero) is 1. The fraction of sp³-hybridized carbons (Fsp3) is 0.273. The van der Waals surface area contributed by atoms with Crippen molar-refractivity contribution < 1.29 is 9.53 Å². The minimum atomic E-state index is 0.0282. The number of imidazole rings is 1. The van der Waals surface area contributed by atoms with Gasteiger partial charge in [-0.15, -0.1) is 11.3 Å². The fourth-order valence-electron chi connectivity index (χ4n) is 3.20. The Hall–Kier alpha value is -3.10. The highest BCUT2D eigenvalue weighted by molar-refractivity contribution is 7.09. The van der Waals surface area contributed by atoms with Crippen LogP contribution in [-0.4, -0.2) is 39.4 Å². The van der Waals surface area contributed by atoms with E-state index in [9.17, 15) is 4.79 Å². The molecule has 30 heavy (non-hydrogen) atoms. The van der Waals surface area contributed by atoms with E-state index in [0.29, 0.717) is 30.8 Å². The Morgan fingerprint density at radius 1 is 1.17 bits per heavy atom. The predicted molar refractivity (Wildman–Crippen MR) is 117 cm³/mol. The molecule has 0 aliphatic rings. The molecule has 0 saturated carbocycles. The molecule has 7 nitrogen and oxygen atoms in total. The van der Waals surface area contributed by atoms with E-state index in [0.717, 1.165) is 40.5 Å². The maximum Gasteiger partial charge on any atom is 0.182 e. The first kappa shape index (κ1) is 20.2. The second-order valence-electron chi connectivity index (χ2n) is 6.83. The third kappa shape index (κ3) is 4.90. The van der Waals surface area contributed by atoms with Crippen LogP contribution >= 0.6 is 11.3 Å². The first-order valence-corrected chi connectivity index (χ1v) is 10.7. The maximum atomic E-state index is 12.5. The molecule has 1 aromatic carbocycles. The van der Waals surface area contributed by atoms with Crippen LogP contribution in [0.4, 0.5) is 0 Å². The smallest absolute Gasteiger partial charge is 0.182 e. The number of hydrogen-bond donors (Lipinski definition) is 2. The number of pyridine rings is 1. The Morgan fingerprint density at radius 2 is 2.07 bits per heavy atom. The predicted octanol–water partition coefficient (Wildman–Crippen LogP) is 3.57. The molecular formula is C22H23N5O2S. The molecule has 4 rings (SSSR count). The van der Waals surface area contributed by atoms with Gasteiger partial charge in [-0.05, 0) is 24.3 Å². The van der Waals surface area contributed by atoms with Crippen molar-refractivity contribution in [2.24, 2.45) is 0 Å². The second kappa shape index (κ2) is 9.60. The largest absolute Gasteiger partial charge is 0.495 e. The number of fused-ring (bicyclic) bond motifs is 1. The van der Waals surface area contributed by atoms with E-state index < -0.39 is 0 Å². The van der Waals surface area contributed by atoms with Crippen molar-refractivity contribution in [3.63, 3.8) is 0 Å². The summed E-state index contributed by atoms with van der Waals surface area (Å²) in [5.41, 5.74) is 3.34. The summed E-state index contributed by atoms with van der Waals surface area (Å²) in [6.07, 6.45) is 3.38. The van der Waals surface area contributed by atoms with E-state index in [1.165, 1.54) is 11.3 Å².